The number of rotatable bonds is 3. The highest BCUT2D eigenvalue weighted by Gasteiger charge is 2.23. The predicted molar refractivity (Wildman–Crippen MR) is 61.8 cm³/mol. The number of hydrogen-bond acceptors (Lipinski definition) is 2. The average Bonchev–Trinajstić information content (AvgIpc) is 2.81. The second-order valence-electron chi connectivity index (χ2n) is 4.46. The fourth-order valence-electron chi connectivity index (χ4n) is 2.48. The molecule has 0 heterocycles. The lowest BCUT2D eigenvalue weighted by molar-refractivity contribution is 0.384. The highest BCUT2D eigenvalue weighted by atomic mass is 19.1. The lowest BCUT2D eigenvalue weighted by Gasteiger charge is -2.19. The molecule has 1 aliphatic carbocycles. The van der Waals surface area contributed by atoms with Crippen LogP contribution in [0.1, 0.15) is 37.3 Å². The molecule has 1 aromatic rings. The normalized spacial score (nSPS) is 18.7. The van der Waals surface area contributed by atoms with Gasteiger partial charge in [0.15, 0.2) is 11.6 Å². The maximum Gasteiger partial charge on any atom is 0.165 e. The maximum atomic E-state index is 13.5. The van der Waals surface area contributed by atoms with E-state index in [2.05, 4.69) is 0 Å². The highest BCUT2D eigenvalue weighted by Crippen LogP contribution is 2.35. The van der Waals surface area contributed by atoms with Gasteiger partial charge in [-0.25, -0.2) is 4.39 Å². The van der Waals surface area contributed by atoms with Crippen molar-refractivity contribution in [2.24, 2.45) is 11.7 Å². The van der Waals surface area contributed by atoms with Gasteiger partial charge in [0.05, 0.1) is 7.11 Å². The summed E-state index contributed by atoms with van der Waals surface area (Å²) in [6.45, 7) is 0. The Labute approximate surface area is 95.6 Å². The van der Waals surface area contributed by atoms with Crippen molar-refractivity contribution in [3.05, 3.63) is 29.6 Å². The molecule has 0 aromatic heterocycles. The molecule has 0 saturated heterocycles. The summed E-state index contributed by atoms with van der Waals surface area (Å²) in [5, 5.41) is 0. The SMILES string of the molecule is COc1ccc([C@@H](N)C2CCCC2)cc1F. The molecule has 2 N–H and O–H groups in total. The summed E-state index contributed by atoms with van der Waals surface area (Å²) in [6, 6.07) is 4.98. The van der Waals surface area contributed by atoms with Crippen LogP contribution in [0.4, 0.5) is 4.39 Å². The van der Waals surface area contributed by atoms with Gasteiger partial charge in [0.1, 0.15) is 0 Å². The van der Waals surface area contributed by atoms with E-state index in [1.165, 1.54) is 26.0 Å². The predicted octanol–water partition coefficient (Wildman–Crippen LogP) is 3.02. The molecule has 0 amide bonds. The van der Waals surface area contributed by atoms with Crippen LogP contribution in [0.25, 0.3) is 0 Å². The zero-order chi connectivity index (χ0) is 11.5. The van der Waals surface area contributed by atoms with E-state index in [0.29, 0.717) is 5.92 Å². The number of benzene rings is 1. The van der Waals surface area contributed by atoms with E-state index in [4.69, 9.17) is 10.5 Å². The first-order chi connectivity index (χ1) is 7.72. The molecule has 0 aliphatic heterocycles. The molecule has 1 atom stereocenters. The Hall–Kier alpha value is -1.09. The van der Waals surface area contributed by atoms with Crippen molar-refractivity contribution >= 4 is 0 Å². The van der Waals surface area contributed by atoms with Crippen molar-refractivity contribution in [2.75, 3.05) is 7.11 Å². The summed E-state index contributed by atoms with van der Waals surface area (Å²) < 4.78 is 18.4. The van der Waals surface area contributed by atoms with E-state index >= 15 is 0 Å². The molecule has 0 unspecified atom stereocenters. The third-order valence-electron chi connectivity index (χ3n) is 3.47. The molecular weight excluding hydrogens is 205 g/mol. The molecule has 1 aliphatic rings. The van der Waals surface area contributed by atoms with Gasteiger partial charge in [0.25, 0.3) is 0 Å². The first-order valence-corrected chi connectivity index (χ1v) is 5.81. The fourth-order valence-corrected chi connectivity index (χ4v) is 2.48. The van der Waals surface area contributed by atoms with Crippen molar-refractivity contribution in [1.82, 2.24) is 0 Å². The Morgan fingerprint density at radius 3 is 2.62 bits per heavy atom. The third-order valence-corrected chi connectivity index (χ3v) is 3.47. The van der Waals surface area contributed by atoms with Gasteiger partial charge in [-0.2, -0.15) is 0 Å². The monoisotopic (exact) mass is 223 g/mol. The Morgan fingerprint density at radius 1 is 1.38 bits per heavy atom. The van der Waals surface area contributed by atoms with Crippen LogP contribution < -0.4 is 10.5 Å². The standard InChI is InChI=1S/C13H18FNO/c1-16-12-7-6-10(8-11(12)14)13(15)9-4-2-3-5-9/h6-9,13H,2-5,15H2,1H3/t13-/m0/s1. The van der Waals surface area contributed by atoms with Crippen LogP contribution in [0.2, 0.25) is 0 Å². The first-order valence-electron chi connectivity index (χ1n) is 5.81. The summed E-state index contributed by atoms with van der Waals surface area (Å²) in [4.78, 5) is 0. The summed E-state index contributed by atoms with van der Waals surface area (Å²) in [7, 11) is 1.47. The Morgan fingerprint density at radius 2 is 2.06 bits per heavy atom. The summed E-state index contributed by atoms with van der Waals surface area (Å²) in [6.07, 6.45) is 4.82. The molecule has 1 fully saturated rings. The molecule has 1 aromatic carbocycles. The molecule has 2 rings (SSSR count). The Bertz CT molecular complexity index is 361. The van der Waals surface area contributed by atoms with Gasteiger partial charge >= 0.3 is 0 Å². The molecule has 3 heteroatoms. The van der Waals surface area contributed by atoms with Crippen LogP contribution in [-0.4, -0.2) is 7.11 Å². The minimum atomic E-state index is -0.326. The van der Waals surface area contributed by atoms with Crippen LogP contribution in [-0.2, 0) is 0 Å². The van der Waals surface area contributed by atoms with E-state index in [9.17, 15) is 4.39 Å². The minimum absolute atomic E-state index is 0.0390. The van der Waals surface area contributed by atoms with E-state index < -0.39 is 0 Å². The molecule has 2 nitrogen and oxygen atoms in total. The van der Waals surface area contributed by atoms with Crippen molar-refractivity contribution in [2.45, 2.75) is 31.7 Å². The number of hydrogen-bond donors (Lipinski definition) is 1. The fraction of sp³-hybridized carbons (Fsp3) is 0.538. The van der Waals surface area contributed by atoms with Gasteiger partial charge in [-0.05, 0) is 36.5 Å². The molecule has 1 saturated carbocycles. The first kappa shape index (κ1) is 11.4. The quantitative estimate of drug-likeness (QED) is 0.854. The smallest absolute Gasteiger partial charge is 0.165 e. The molecule has 0 spiro atoms. The third kappa shape index (κ3) is 2.19. The van der Waals surface area contributed by atoms with Crippen molar-refractivity contribution in [3.63, 3.8) is 0 Å². The van der Waals surface area contributed by atoms with Gasteiger partial charge in [0, 0.05) is 6.04 Å². The topological polar surface area (TPSA) is 35.2 Å². The van der Waals surface area contributed by atoms with Crippen LogP contribution in [0.3, 0.4) is 0 Å². The number of methoxy groups -OCH3 is 1. The summed E-state index contributed by atoms with van der Waals surface area (Å²) >= 11 is 0. The maximum absolute atomic E-state index is 13.5. The van der Waals surface area contributed by atoms with Crippen LogP contribution in [0.15, 0.2) is 18.2 Å². The van der Waals surface area contributed by atoms with E-state index in [1.54, 1.807) is 6.07 Å². The number of ether oxygens (including phenoxy) is 1. The Balaban J connectivity index is 2.16. The van der Waals surface area contributed by atoms with Gasteiger partial charge in [-0.1, -0.05) is 18.9 Å². The second-order valence-corrected chi connectivity index (χ2v) is 4.46. The van der Waals surface area contributed by atoms with Gasteiger partial charge in [0.2, 0.25) is 0 Å². The molecular formula is C13H18FNO. The lowest BCUT2D eigenvalue weighted by atomic mass is 9.92. The molecule has 0 radical (unpaired) electrons. The minimum Gasteiger partial charge on any atom is -0.494 e. The van der Waals surface area contributed by atoms with Crippen LogP contribution >= 0.6 is 0 Å². The number of halogens is 1. The second kappa shape index (κ2) is 4.83. The van der Waals surface area contributed by atoms with Crippen molar-refractivity contribution in [3.8, 4) is 5.75 Å². The van der Waals surface area contributed by atoms with Gasteiger partial charge < -0.3 is 10.5 Å². The molecule has 0 bridgehead atoms. The van der Waals surface area contributed by atoms with Crippen molar-refractivity contribution in [1.29, 1.82) is 0 Å². The van der Waals surface area contributed by atoms with Crippen molar-refractivity contribution < 1.29 is 9.13 Å². The zero-order valence-corrected chi connectivity index (χ0v) is 9.58. The molecule has 16 heavy (non-hydrogen) atoms. The largest absolute Gasteiger partial charge is 0.494 e. The van der Waals surface area contributed by atoms with Gasteiger partial charge in [-0.15, -0.1) is 0 Å². The summed E-state index contributed by atoms with van der Waals surface area (Å²) in [5.74, 6) is 0.462. The van der Waals surface area contributed by atoms with E-state index in [-0.39, 0.29) is 17.6 Å². The van der Waals surface area contributed by atoms with E-state index in [1.807, 2.05) is 6.07 Å². The zero-order valence-electron chi connectivity index (χ0n) is 9.58. The number of nitrogens with two attached hydrogens (primary N) is 1. The average molecular weight is 223 g/mol. The molecule has 88 valence electrons. The van der Waals surface area contributed by atoms with Gasteiger partial charge in [-0.3, -0.25) is 0 Å². The summed E-state index contributed by atoms with van der Waals surface area (Å²) in [5.41, 5.74) is 7.03. The highest BCUT2D eigenvalue weighted by molar-refractivity contribution is 5.31. The van der Waals surface area contributed by atoms with Crippen LogP contribution in [0.5, 0.6) is 5.75 Å². The lowest BCUT2D eigenvalue weighted by Crippen LogP contribution is -2.19. The van der Waals surface area contributed by atoms with Crippen LogP contribution in [0, 0.1) is 11.7 Å². The van der Waals surface area contributed by atoms with E-state index in [0.717, 1.165) is 18.4 Å². The Kier molecular flexibility index (Phi) is 3.44.